The minimum atomic E-state index is -0.165. The molecule has 0 unspecified atom stereocenters. The Kier molecular flexibility index (Phi) is 1.33. The standard InChI is InChI=1S/C7H6BN3O/c1-3-2-4-5(6(8)9-3)10-11-7(4)12/h2H,1H3,(H2,10,11,12). The van der Waals surface area contributed by atoms with Crippen LogP contribution in [0.25, 0.3) is 10.9 Å². The molecule has 0 spiro atoms. The van der Waals surface area contributed by atoms with E-state index in [0.29, 0.717) is 16.5 Å². The second kappa shape index (κ2) is 2.23. The van der Waals surface area contributed by atoms with E-state index in [4.69, 9.17) is 7.85 Å². The van der Waals surface area contributed by atoms with Crippen molar-refractivity contribution in [1.82, 2.24) is 15.2 Å². The molecule has 2 rings (SSSR count). The predicted octanol–water partition coefficient (Wildman–Crippen LogP) is -0.647. The highest BCUT2D eigenvalue weighted by Crippen LogP contribution is 2.02. The van der Waals surface area contributed by atoms with E-state index in [2.05, 4.69) is 15.2 Å². The van der Waals surface area contributed by atoms with E-state index in [1.54, 1.807) is 13.0 Å². The molecule has 0 aliphatic carbocycles. The zero-order chi connectivity index (χ0) is 8.72. The predicted molar refractivity (Wildman–Crippen MR) is 46.8 cm³/mol. The number of aryl methyl sites for hydroxylation is 1. The van der Waals surface area contributed by atoms with Crippen LogP contribution >= 0.6 is 0 Å². The molecule has 0 saturated carbocycles. The lowest BCUT2D eigenvalue weighted by molar-refractivity contribution is 1.08. The van der Waals surface area contributed by atoms with Crippen LogP contribution in [0.15, 0.2) is 10.9 Å². The lowest BCUT2D eigenvalue weighted by Crippen LogP contribution is -2.11. The number of nitrogens with zero attached hydrogens (tertiary/aromatic N) is 1. The van der Waals surface area contributed by atoms with E-state index < -0.39 is 0 Å². The quantitative estimate of drug-likeness (QED) is 0.502. The summed E-state index contributed by atoms with van der Waals surface area (Å²) in [5, 5.41) is 5.66. The Balaban J connectivity index is 3.02. The van der Waals surface area contributed by atoms with Crippen molar-refractivity contribution in [3.63, 3.8) is 0 Å². The molecule has 0 amide bonds. The van der Waals surface area contributed by atoms with Crippen LogP contribution in [0.4, 0.5) is 0 Å². The molecule has 2 N–H and O–H groups in total. The van der Waals surface area contributed by atoms with Crippen LogP contribution in [0.2, 0.25) is 0 Å². The van der Waals surface area contributed by atoms with Gasteiger partial charge in [-0.05, 0) is 13.0 Å². The van der Waals surface area contributed by atoms with Crippen LogP contribution in [0.1, 0.15) is 5.69 Å². The lowest BCUT2D eigenvalue weighted by Gasteiger charge is -1.95. The number of fused-ring (bicyclic) bond motifs is 1. The molecule has 0 aromatic carbocycles. The summed E-state index contributed by atoms with van der Waals surface area (Å²) < 4.78 is 0. The Labute approximate surface area is 69.4 Å². The lowest BCUT2D eigenvalue weighted by atomic mass is 10.0. The molecule has 2 aromatic rings. The van der Waals surface area contributed by atoms with Crippen molar-refractivity contribution in [1.29, 1.82) is 0 Å². The fourth-order valence-corrected chi connectivity index (χ4v) is 1.19. The molecule has 0 saturated heterocycles. The van der Waals surface area contributed by atoms with Gasteiger partial charge in [0.25, 0.3) is 5.56 Å². The van der Waals surface area contributed by atoms with Gasteiger partial charge in [0.15, 0.2) is 0 Å². The summed E-state index contributed by atoms with van der Waals surface area (Å²) >= 11 is 0. The smallest absolute Gasteiger partial charge is 0.271 e. The van der Waals surface area contributed by atoms with Gasteiger partial charge in [-0.1, -0.05) is 0 Å². The van der Waals surface area contributed by atoms with Gasteiger partial charge in [-0.15, -0.1) is 0 Å². The zero-order valence-electron chi connectivity index (χ0n) is 6.51. The number of hydrogen-bond acceptors (Lipinski definition) is 2. The highest BCUT2D eigenvalue weighted by molar-refractivity contribution is 6.36. The molecule has 0 aliphatic heterocycles. The summed E-state index contributed by atoms with van der Waals surface area (Å²) in [6, 6.07) is 1.70. The highest BCUT2D eigenvalue weighted by Gasteiger charge is 2.03. The van der Waals surface area contributed by atoms with Gasteiger partial charge < -0.3 is 0 Å². The van der Waals surface area contributed by atoms with Crippen molar-refractivity contribution in [3.05, 3.63) is 22.1 Å². The van der Waals surface area contributed by atoms with Crippen LogP contribution in [0.3, 0.4) is 0 Å². The minimum absolute atomic E-state index is 0.165. The number of rotatable bonds is 0. The first-order valence-corrected chi connectivity index (χ1v) is 3.52. The number of H-pyrrole nitrogens is 2. The molecule has 2 heterocycles. The third kappa shape index (κ3) is 0.862. The van der Waals surface area contributed by atoms with Crippen LogP contribution in [0, 0.1) is 6.92 Å². The molecule has 0 aliphatic rings. The van der Waals surface area contributed by atoms with E-state index >= 15 is 0 Å². The van der Waals surface area contributed by atoms with Crippen molar-refractivity contribution < 1.29 is 0 Å². The molecular weight excluding hydrogens is 153 g/mol. The third-order valence-corrected chi connectivity index (χ3v) is 1.72. The summed E-state index contributed by atoms with van der Waals surface area (Å²) in [5.41, 5.74) is 1.50. The fraction of sp³-hybridized carbons (Fsp3) is 0.143. The third-order valence-electron chi connectivity index (χ3n) is 1.72. The van der Waals surface area contributed by atoms with Gasteiger partial charge in [0.05, 0.1) is 10.9 Å². The number of nitrogens with one attached hydrogen (secondary N) is 2. The van der Waals surface area contributed by atoms with Crippen LogP contribution in [-0.4, -0.2) is 23.0 Å². The van der Waals surface area contributed by atoms with Crippen LogP contribution in [-0.2, 0) is 0 Å². The van der Waals surface area contributed by atoms with Crippen LogP contribution < -0.4 is 11.2 Å². The fourth-order valence-electron chi connectivity index (χ4n) is 1.19. The highest BCUT2D eigenvalue weighted by atomic mass is 16.1. The average Bonchev–Trinajstić information content (AvgIpc) is 2.33. The average molecular weight is 159 g/mol. The Bertz CT molecular complexity index is 485. The molecule has 4 nitrogen and oxygen atoms in total. The topological polar surface area (TPSA) is 61.5 Å². The Hall–Kier alpha value is -1.52. The molecule has 0 bridgehead atoms. The second-order valence-corrected chi connectivity index (χ2v) is 2.65. The van der Waals surface area contributed by atoms with Crippen molar-refractivity contribution >= 4 is 24.3 Å². The molecule has 0 fully saturated rings. The van der Waals surface area contributed by atoms with Crippen LogP contribution in [0.5, 0.6) is 0 Å². The Morgan fingerprint density at radius 2 is 2.25 bits per heavy atom. The van der Waals surface area contributed by atoms with E-state index in [9.17, 15) is 4.79 Å². The second-order valence-electron chi connectivity index (χ2n) is 2.65. The number of aromatic nitrogens is 3. The first kappa shape index (κ1) is 7.15. The maximum absolute atomic E-state index is 11.1. The maximum Gasteiger partial charge on any atom is 0.271 e. The van der Waals surface area contributed by atoms with Crippen molar-refractivity contribution in [2.24, 2.45) is 0 Å². The minimum Gasteiger partial charge on any atom is -0.297 e. The van der Waals surface area contributed by atoms with Crippen molar-refractivity contribution in [3.8, 4) is 0 Å². The number of pyridine rings is 1. The zero-order valence-corrected chi connectivity index (χ0v) is 6.51. The largest absolute Gasteiger partial charge is 0.297 e. The summed E-state index contributed by atoms with van der Waals surface area (Å²) in [6.45, 7) is 1.79. The first-order valence-electron chi connectivity index (χ1n) is 3.52. The van der Waals surface area contributed by atoms with E-state index in [0.717, 1.165) is 5.69 Å². The van der Waals surface area contributed by atoms with E-state index in [1.165, 1.54) is 0 Å². The molecule has 2 aromatic heterocycles. The summed E-state index contributed by atoms with van der Waals surface area (Å²) in [6.07, 6.45) is 0. The van der Waals surface area contributed by atoms with E-state index in [-0.39, 0.29) is 5.56 Å². The van der Waals surface area contributed by atoms with Gasteiger partial charge in [-0.2, -0.15) is 0 Å². The Morgan fingerprint density at radius 3 is 3.00 bits per heavy atom. The summed E-state index contributed by atoms with van der Waals surface area (Å²) in [4.78, 5) is 15.1. The summed E-state index contributed by atoms with van der Waals surface area (Å²) in [7, 11) is 5.57. The molecule has 2 radical (unpaired) electrons. The monoisotopic (exact) mass is 159 g/mol. The first-order chi connectivity index (χ1) is 5.68. The Morgan fingerprint density at radius 1 is 1.50 bits per heavy atom. The molecule has 5 heteroatoms. The normalized spacial score (nSPS) is 10.8. The SMILES string of the molecule is [B]c1nc(C)cc2c(=O)[nH][nH]c12. The van der Waals surface area contributed by atoms with Gasteiger partial charge in [-0.3, -0.25) is 20.0 Å². The number of aromatic amines is 2. The molecule has 0 atom stereocenters. The van der Waals surface area contributed by atoms with E-state index in [1.807, 2.05) is 0 Å². The molecule has 58 valence electrons. The molecular formula is C7H6BN3O. The van der Waals surface area contributed by atoms with Gasteiger partial charge in [0.2, 0.25) is 0 Å². The summed E-state index contributed by atoms with van der Waals surface area (Å²) in [5.74, 6) is 0. The van der Waals surface area contributed by atoms with Gasteiger partial charge in [0.1, 0.15) is 7.85 Å². The maximum atomic E-state index is 11.1. The van der Waals surface area contributed by atoms with Crippen molar-refractivity contribution in [2.75, 3.05) is 0 Å². The van der Waals surface area contributed by atoms with Gasteiger partial charge in [0, 0.05) is 11.3 Å². The van der Waals surface area contributed by atoms with Gasteiger partial charge in [-0.25, -0.2) is 0 Å². The number of hydrogen-bond donors (Lipinski definition) is 2. The van der Waals surface area contributed by atoms with Gasteiger partial charge >= 0.3 is 0 Å². The molecule has 12 heavy (non-hydrogen) atoms. The van der Waals surface area contributed by atoms with Crippen molar-refractivity contribution in [2.45, 2.75) is 6.92 Å².